The summed E-state index contributed by atoms with van der Waals surface area (Å²) < 4.78 is 5.21. The second kappa shape index (κ2) is 7.68. The van der Waals surface area contributed by atoms with Gasteiger partial charge in [0.2, 0.25) is 0 Å². The molecule has 2 aromatic rings. The first kappa shape index (κ1) is 14.6. The molecule has 0 aromatic heterocycles. The fraction of sp³-hybridized carbons (Fsp3) is 0.294. The molecule has 0 saturated heterocycles. The maximum absolute atomic E-state index is 8.99. The van der Waals surface area contributed by atoms with Crippen molar-refractivity contribution in [2.75, 3.05) is 13.7 Å². The molecule has 0 unspecified atom stereocenters. The molecule has 0 atom stereocenters. The largest absolute Gasteiger partial charge is 0.497 e. The van der Waals surface area contributed by atoms with Crippen LogP contribution in [0.2, 0.25) is 0 Å². The van der Waals surface area contributed by atoms with Crippen molar-refractivity contribution in [2.24, 2.45) is 0 Å². The van der Waals surface area contributed by atoms with Crippen LogP contribution >= 0.6 is 0 Å². The Hall–Kier alpha value is -1.84. The summed E-state index contributed by atoms with van der Waals surface area (Å²) in [5.74, 6) is 0.905. The Bertz CT molecular complexity index is 523. The molecule has 0 saturated carbocycles. The number of hydrogen-bond donors (Lipinski definition) is 2. The van der Waals surface area contributed by atoms with Gasteiger partial charge in [-0.3, -0.25) is 0 Å². The molecule has 2 rings (SSSR count). The second-order valence-electron chi connectivity index (χ2n) is 4.75. The Labute approximate surface area is 120 Å². The number of benzene rings is 2. The summed E-state index contributed by atoms with van der Waals surface area (Å²) in [6.45, 7) is 1.87. The molecule has 0 radical (unpaired) electrons. The molecule has 0 fully saturated rings. The third-order valence-corrected chi connectivity index (χ3v) is 3.26. The Morgan fingerprint density at radius 2 is 1.75 bits per heavy atom. The van der Waals surface area contributed by atoms with Gasteiger partial charge in [-0.2, -0.15) is 0 Å². The van der Waals surface area contributed by atoms with Gasteiger partial charge in [-0.25, -0.2) is 0 Å². The third-order valence-electron chi connectivity index (χ3n) is 3.26. The van der Waals surface area contributed by atoms with E-state index in [0.717, 1.165) is 30.8 Å². The zero-order chi connectivity index (χ0) is 14.2. The number of rotatable bonds is 7. The van der Waals surface area contributed by atoms with Crippen LogP contribution in [-0.2, 0) is 19.6 Å². The van der Waals surface area contributed by atoms with Gasteiger partial charge in [0.15, 0.2) is 0 Å². The summed E-state index contributed by atoms with van der Waals surface area (Å²) in [5, 5.41) is 12.4. The second-order valence-corrected chi connectivity index (χ2v) is 4.75. The van der Waals surface area contributed by atoms with E-state index in [2.05, 4.69) is 17.4 Å². The molecule has 0 spiro atoms. The molecule has 0 aliphatic heterocycles. The first-order valence-corrected chi connectivity index (χ1v) is 6.84. The van der Waals surface area contributed by atoms with Crippen LogP contribution in [0.15, 0.2) is 48.5 Å². The quantitative estimate of drug-likeness (QED) is 0.760. The van der Waals surface area contributed by atoms with Crippen LogP contribution in [0.1, 0.15) is 16.7 Å². The van der Waals surface area contributed by atoms with E-state index >= 15 is 0 Å². The summed E-state index contributed by atoms with van der Waals surface area (Å²) in [6, 6.07) is 16.2. The van der Waals surface area contributed by atoms with Crippen LogP contribution in [0.5, 0.6) is 5.75 Å². The summed E-state index contributed by atoms with van der Waals surface area (Å²) in [5.41, 5.74) is 3.45. The molecular formula is C17H21NO2. The van der Waals surface area contributed by atoms with Gasteiger partial charge in [-0.15, -0.1) is 0 Å². The number of hydrogen-bond acceptors (Lipinski definition) is 3. The van der Waals surface area contributed by atoms with E-state index in [9.17, 15) is 0 Å². The maximum atomic E-state index is 8.99. The SMILES string of the molecule is COc1cccc(CCNCc2ccc(CO)cc2)c1. The van der Waals surface area contributed by atoms with Gasteiger partial charge < -0.3 is 15.2 Å². The fourth-order valence-electron chi connectivity index (χ4n) is 2.06. The van der Waals surface area contributed by atoms with Crippen molar-refractivity contribution in [2.45, 2.75) is 19.6 Å². The highest BCUT2D eigenvalue weighted by atomic mass is 16.5. The standard InChI is InChI=1S/C17H21NO2/c1-20-17-4-2-3-14(11-17)9-10-18-12-15-5-7-16(13-19)8-6-15/h2-8,11,18-19H,9-10,12-13H2,1H3. The average molecular weight is 271 g/mol. The third kappa shape index (κ3) is 4.37. The Morgan fingerprint density at radius 1 is 1.00 bits per heavy atom. The van der Waals surface area contributed by atoms with E-state index in [1.807, 2.05) is 36.4 Å². The number of nitrogens with one attached hydrogen (secondary N) is 1. The van der Waals surface area contributed by atoms with Crippen LogP contribution in [0.3, 0.4) is 0 Å². The smallest absolute Gasteiger partial charge is 0.119 e. The number of ether oxygens (including phenoxy) is 1. The van der Waals surface area contributed by atoms with Crippen molar-refractivity contribution in [3.8, 4) is 5.75 Å². The number of methoxy groups -OCH3 is 1. The van der Waals surface area contributed by atoms with Gasteiger partial charge in [-0.05, 0) is 41.8 Å². The van der Waals surface area contributed by atoms with Gasteiger partial charge in [-0.1, -0.05) is 36.4 Å². The molecule has 20 heavy (non-hydrogen) atoms. The molecule has 0 bridgehead atoms. The summed E-state index contributed by atoms with van der Waals surface area (Å²) >= 11 is 0. The molecule has 0 aliphatic rings. The minimum Gasteiger partial charge on any atom is -0.497 e. The van der Waals surface area contributed by atoms with E-state index in [1.54, 1.807) is 7.11 Å². The molecule has 0 aliphatic carbocycles. The Balaban J connectivity index is 1.75. The van der Waals surface area contributed by atoms with Crippen molar-refractivity contribution in [1.29, 1.82) is 0 Å². The highest BCUT2D eigenvalue weighted by molar-refractivity contribution is 5.28. The molecule has 3 nitrogen and oxygen atoms in total. The molecule has 0 amide bonds. The van der Waals surface area contributed by atoms with Crippen LogP contribution in [0, 0.1) is 0 Å². The van der Waals surface area contributed by atoms with Crippen molar-refractivity contribution >= 4 is 0 Å². The Kier molecular flexibility index (Phi) is 5.59. The molecule has 2 N–H and O–H groups in total. The van der Waals surface area contributed by atoms with Crippen LogP contribution in [0.4, 0.5) is 0 Å². The normalized spacial score (nSPS) is 10.5. The van der Waals surface area contributed by atoms with Gasteiger partial charge >= 0.3 is 0 Å². The highest BCUT2D eigenvalue weighted by Gasteiger charge is 1.97. The summed E-state index contributed by atoms with van der Waals surface area (Å²) in [6.07, 6.45) is 0.978. The van der Waals surface area contributed by atoms with Gasteiger partial charge in [0.05, 0.1) is 13.7 Å². The van der Waals surface area contributed by atoms with Gasteiger partial charge in [0.1, 0.15) is 5.75 Å². The lowest BCUT2D eigenvalue weighted by Crippen LogP contribution is -2.16. The first-order chi connectivity index (χ1) is 9.81. The zero-order valence-corrected chi connectivity index (χ0v) is 11.8. The zero-order valence-electron chi connectivity index (χ0n) is 11.8. The topological polar surface area (TPSA) is 41.5 Å². The van der Waals surface area contributed by atoms with Gasteiger partial charge in [0, 0.05) is 6.54 Å². The predicted molar refractivity (Wildman–Crippen MR) is 80.8 cm³/mol. The monoisotopic (exact) mass is 271 g/mol. The van der Waals surface area contributed by atoms with Crippen LogP contribution in [-0.4, -0.2) is 18.8 Å². The number of aliphatic hydroxyl groups excluding tert-OH is 1. The molecular weight excluding hydrogens is 250 g/mol. The highest BCUT2D eigenvalue weighted by Crippen LogP contribution is 2.12. The lowest BCUT2D eigenvalue weighted by molar-refractivity contribution is 0.282. The van der Waals surface area contributed by atoms with E-state index in [-0.39, 0.29) is 6.61 Å². The van der Waals surface area contributed by atoms with Crippen LogP contribution in [0.25, 0.3) is 0 Å². The Morgan fingerprint density at radius 3 is 2.45 bits per heavy atom. The summed E-state index contributed by atoms with van der Waals surface area (Å²) in [7, 11) is 1.69. The van der Waals surface area contributed by atoms with E-state index < -0.39 is 0 Å². The fourth-order valence-corrected chi connectivity index (χ4v) is 2.06. The van der Waals surface area contributed by atoms with E-state index in [4.69, 9.17) is 9.84 Å². The maximum Gasteiger partial charge on any atom is 0.119 e. The van der Waals surface area contributed by atoms with Gasteiger partial charge in [0.25, 0.3) is 0 Å². The molecule has 0 heterocycles. The average Bonchev–Trinajstić information content (AvgIpc) is 2.52. The predicted octanol–water partition coefficient (Wildman–Crippen LogP) is 2.52. The number of aliphatic hydroxyl groups is 1. The lowest BCUT2D eigenvalue weighted by atomic mass is 10.1. The van der Waals surface area contributed by atoms with E-state index in [0.29, 0.717) is 0 Å². The molecule has 2 aromatic carbocycles. The minimum absolute atomic E-state index is 0.101. The van der Waals surface area contributed by atoms with E-state index in [1.165, 1.54) is 11.1 Å². The first-order valence-electron chi connectivity index (χ1n) is 6.84. The lowest BCUT2D eigenvalue weighted by Gasteiger charge is -2.07. The molecule has 3 heteroatoms. The van der Waals surface area contributed by atoms with Crippen LogP contribution < -0.4 is 10.1 Å². The van der Waals surface area contributed by atoms with Crippen molar-refractivity contribution in [3.63, 3.8) is 0 Å². The molecule has 106 valence electrons. The minimum atomic E-state index is 0.101. The summed E-state index contributed by atoms with van der Waals surface area (Å²) in [4.78, 5) is 0. The van der Waals surface area contributed by atoms with Crippen molar-refractivity contribution in [1.82, 2.24) is 5.32 Å². The van der Waals surface area contributed by atoms with Crippen molar-refractivity contribution < 1.29 is 9.84 Å². The van der Waals surface area contributed by atoms with Crippen molar-refractivity contribution in [3.05, 3.63) is 65.2 Å².